The van der Waals surface area contributed by atoms with Gasteiger partial charge in [-0.2, -0.15) is 4.98 Å². The lowest BCUT2D eigenvalue weighted by Gasteiger charge is -2.37. The number of anilines is 2. The summed E-state index contributed by atoms with van der Waals surface area (Å²) < 4.78 is 0. The monoisotopic (exact) mass is 386 g/mol. The van der Waals surface area contributed by atoms with E-state index < -0.39 is 0 Å². The molecule has 4 rings (SSSR count). The van der Waals surface area contributed by atoms with E-state index >= 15 is 0 Å². The summed E-state index contributed by atoms with van der Waals surface area (Å²) in [5.74, 6) is 1.87. The summed E-state index contributed by atoms with van der Waals surface area (Å²) in [7, 11) is 0. The van der Waals surface area contributed by atoms with E-state index in [1.165, 1.54) is 70.8 Å². The van der Waals surface area contributed by atoms with Gasteiger partial charge in [-0.1, -0.05) is 32.1 Å². The average Bonchev–Trinajstić information content (AvgIpc) is 2.94. The SMILES string of the molecule is NCCC1C(Nc2nccc(N3CCCCCC3)n2)CCN1C1CCCCC1. The van der Waals surface area contributed by atoms with Crippen LogP contribution in [0.4, 0.5) is 11.8 Å². The molecule has 0 amide bonds. The van der Waals surface area contributed by atoms with E-state index in [0.29, 0.717) is 12.1 Å². The van der Waals surface area contributed by atoms with Crippen LogP contribution in [-0.2, 0) is 0 Å². The number of aromatic nitrogens is 2. The van der Waals surface area contributed by atoms with Gasteiger partial charge >= 0.3 is 0 Å². The van der Waals surface area contributed by atoms with Crippen molar-refractivity contribution in [2.45, 2.75) is 88.8 Å². The molecule has 2 atom stereocenters. The molecule has 6 nitrogen and oxygen atoms in total. The minimum absolute atomic E-state index is 0.407. The smallest absolute Gasteiger partial charge is 0.224 e. The van der Waals surface area contributed by atoms with Crippen molar-refractivity contribution in [2.24, 2.45) is 5.73 Å². The van der Waals surface area contributed by atoms with E-state index in [2.05, 4.69) is 26.2 Å². The molecule has 1 aliphatic carbocycles. The number of hydrogen-bond acceptors (Lipinski definition) is 6. The molecule has 3 aliphatic rings. The summed E-state index contributed by atoms with van der Waals surface area (Å²) in [6.45, 7) is 4.16. The molecule has 0 aromatic carbocycles. The van der Waals surface area contributed by atoms with Crippen molar-refractivity contribution in [2.75, 3.05) is 36.4 Å². The lowest BCUT2D eigenvalue weighted by molar-refractivity contribution is 0.135. The molecule has 156 valence electrons. The van der Waals surface area contributed by atoms with Gasteiger partial charge in [0.25, 0.3) is 0 Å². The fourth-order valence-electron chi connectivity index (χ4n) is 5.51. The van der Waals surface area contributed by atoms with E-state index in [9.17, 15) is 0 Å². The van der Waals surface area contributed by atoms with Gasteiger partial charge in [-0.05, 0) is 51.1 Å². The van der Waals surface area contributed by atoms with Crippen molar-refractivity contribution >= 4 is 11.8 Å². The largest absolute Gasteiger partial charge is 0.356 e. The molecule has 28 heavy (non-hydrogen) atoms. The van der Waals surface area contributed by atoms with Crippen LogP contribution in [-0.4, -0.2) is 59.2 Å². The lowest BCUT2D eigenvalue weighted by Crippen LogP contribution is -2.46. The molecule has 2 aliphatic heterocycles. The maximum Gasteiger partial charge on any atom is 0.224 e. The summed E-state index contributed by atoms with van der Waals surface area (Å²) in [5.41, 5.74) is 6.00. The Morgan fingerprint density at radius 1 is 0.964 bits per heavy atom. The first-order valence-electron chi connectivity index (χ1n) is 11.7. The number of nitrogens with zero attached hydrogens (tertiary/aromatic N) is 4. The van der Waals surface area contributed by atoms with Gasteiger partial charge < -0.3 is 16.0 Å². The van der Waals surface area contributed by atoms with Gasteiger partial charge in [-0.15, -0.1) is 0 Å². The second kappa shape index (κ2) is 9.88. The third kappa shape index (κ3) is 4.77. The van der Waals surface area contributed by atoms with Gasteiger partial charge in [-0.3, -0.25) is 4.90 Å². The van der Waals surface area contributed by atoms with Crippen molar-refractivity contribution in [1.29, 1.82) is 0 Å². The quantitative estimate of drug-likeness (QED) is 0.781. The van der Waals surface area contributed by atoms with Crippen LogP contribution in [0.15, 0.2) is 12.3 Å². The first-order chi connectivity index (χ1) is 13.8. The fourth-order valence-corrected chi connectivity index (χ4v) is 5.51. The number of hydrogen-bond donors (Lipinski definition) is 2. The Hall–Kier alpha value is -1.40. The highest BCUT2D eigenvalue weighted by Gasteiger charge is 2.38. The van der Waals surface area contributed by atoms with Crippen LogP contribution in [0.2, 0.25) is 0 Å². The Balaban J connectivity index is 1.43. The van der Waals surface area contributed by atoms with Gasteiger partial charge in [0.1, 0.15) is 5.82 Å². The van der Waals surface area contributed by atoms with Crippen LogP contribution in [0.5, 0.6) is 0 Å². The van der Waals surface area contributed by atoms with Crippen LogP contribution < -0.4 is 16.0 Å². The Morgan fingerprint density at radius 2 is 1.71 bits per heavy atom. The molecule has 1 aromatic rings. The molecule has 1 saturated carbocycles. The molecule has 2 saturated heterocycles. The summed E-state index contributed by atoms with van der Waals surface area (Å²) in [4.78, 5) is 14.6. The highest BCUT2D eigenvalue weighted by molar-refractivity contribution is 5.43. The first kappa shape index (κ1) is 19.9. The van der Waals surface area contributed by atoms with Crippen LogP contribution in [0.25, 0.3) is 0 Å². The molecule has 2 unspecified atom stereocenters. The third-order valence-corrected chi connectivity index (χ3v) is 6.98. The summed E-state index contributed by atoms with van der Waals surface area (Å²) in [5, 5.41) is 3.69. The molecular formula is C22H38N6. The normalized spacial score (nSPS) is 27.7. The maximum atomic E-state index is 6.00. The minimum atomic E-state index is 0.407. The topological polar surface area (TPSA) is 70.3 Å². The zero-order chi connectivity index (χ0) is 19.2. The van der Waals surface area contributed by atoms with E-state index in [1.807, 2.05) is 6.20 Å². The second-order valence-corrected chi connectivity index (χ2v) is 8.85. The molecule has 1 aromatic heterocycles. The fraction of sp³-hybridized carbons (Fsp3) is 0.818. The molecule has 0 bridgehead atoms. The number of rotatable bonds is 6. The van der Waals surface area contributed by atoms with Crippen molar-refractivity contribution in [1.82, 2.24) is 14.9 Å². The van der Waals surface area contributed by atoms with Gasteiger partial charge in [0.05, 0.1) is 0 Å². The summed E-state index contributed by atoms with van der Waals surface area (Å²) >= 11 is 0. The highest BCUT2D eigenvalue weighted by atomic mass is 15.3. The molecule has 3 N–H and O–H groups in total. The molecule has 3 heterocycles. The van der Waals surface area contributed by atoms with E-state index in [0.717, 1.165) is 43.9 Å². The number of likely N-dealkylation sites (tertiary alicyclic amines) is 1. The molecule has 6 heteroatoms. The highest BCUT2D eigenvalue weighted by Crippen LogP contribution is 2.32. The standard InChI is InChI=1S/C22H38N6/c23-13-10-20-19(12-17-28(20)18-8-4-3-5-9-18)25-22-24-14-11-21(26-22)27-15-6-1-2-7-16-27/h11,14,18-20H,1-10,12-13,15-17,23H2,(H,24,25,26). The van der Waals surface area contributed by atoms with Crippen LogP contribution in [0.1, 0.15) is 70.6 Å². The predicted molar refractivity (Wildman–Crippen MR) is 116 cm³/mol. The molecule has 0 radical (unpaired) electrons. The molecule has 0 spiro atoms. The Kier molecular flexibility index (Phi) is 7.02. The Labute approximate surface area is 170 Å². The van der Waals surface area contributed by atoms with Crippen molar-refractivity contribution in [3.8, 4) is 0 Å². The van der Waals surface area contributed by atoms with E-state index in [4.69, 9.17) is 10.7 Å². The summed E-state index contributed by atoms with van der Waals surface area (Å²) in [6, 6.07) is 3.74. The predicted octanol–water partition coefficient (Wildman–Crippen LogP) is 3.39. The van der Waals surface area contributed by atoms with Crippen molar-refractivity contribution in [3.05, 3.63) is 12.3 Å². The molecular weight excluding hydrogens is 348 g/mol. The average molecular weight is 387 g/mol. The van der Waals surface area contributed by atoms with Crippen LogP contribution in [0.3, 0.4) is 0 Å². The van der Waals surface area contributed by atoms with Gasteiger partial charge in [0.15, 0.2) is 0 Å². The number of nitrogens with two attached hydrogens (primary N) is 1. The van der Waals surface area contributed by atoms with Crippen LogP contribution in [0, 0.1) is 0 Å². The van der Waals surface area contributed by atoms with Gasteiger partial charge in [0, 0.05) is 44.0 Å². The Morgan fingerprint density at radius 3 is 2.46 bits per heavy atom. The minimum Gasteiger partial charge on any atom is -0.356 e. The van der Waals surface area contributed by atoms with Gasteiger partial charge in [-0.25, -0.2) is 4.98 Å². The third-order valence-electron chi connectivity index (χ3n) is 6.98. The zero-order valence-corrected chi connectivity index (χ0v) is 17.4. The lowest BCUT2D eigenvalue weighted by atomic mass is 9.93. The zero-order valence-electron chi connectivity index (χ0n) is 17.4. The maximum absolute atomic E-state index is 6.00. The van der Waals surface area contributed by atoms with E-state index in [-0.39, 0.29) is 0 Å². The van der Waals surface area contributed by atoms with Gasteiger partial charge in [0.2, 0.25) is 5.95 Å². The second-order valence-electron chi connectivity index (χ2n) is 8.85. The number of nitrogens with one attached hydrogen (secondary N) is 1. The van der Waals surface area contributed by atoms with Crippen molar-refractivity contribution in [3.63, 3.8) is 0 Å². The van der Waals surface area contributed by atoms with Crippen LogP contribution >= 0.6 is 0 Å². The van der Waals surface area contributed by atoms with Crippen molar-refractivity contribution < 1.29 is 0 Å². The van der Waals surface area contributed by atoms with E-state index in [1.54, 1.807) is 0 Å². The summed E-state index contributed by atoms with van der Waals surface area (Å²) in [6.07, 6.45) is 16.2. The first-order valence-corrected chi connectivity index (χ1v) is 11.7. The molecule has 3 fully saturated rings. The Bertz CT molecular complexity index is 594.